The highest BCUT2D eigenvalue weighted by Gasteiger charge is 2.18. The second-order valence-corrected chi connectivity index (χ2v) is 6.48. The summed E-state index contributed by atoms with van der Waals surface area (Å²) in [4.78, 5) is 0.143. The van der Waals surface area contributed by atoms with Crippen LogP contribution in [0.2, 0.25) is 0 Å². The summed E-state index contributed by atoms with van der Waals surface area (Å²) >= 11 is 8.73. The van der Waals surface area contributed by atoms with Crippen LogP contribution < -0.4 is 0 Å². The van der Waals surface area contributed by atoms with Crippen LogP contribution in [0.15, 0.2) is 35.2 Å². The first kappa shape index (κ1) is 12.0. The van der Waals surface area contributed by atoms with E-state index in [0.717, 1.165) is 0 Å². The standard InChI is InChI=1S/C9H10BrClO2S/c10-8(6-11)7-14(12,13)9-4-2-1-3-5-9/h1-5,8H,6-7H2. The molecule has 5 heteroatoms. The molecule has 0 aliphatic rings. The van der Waals surface area contributed by atoms with Crippen LogP contribution in [0.5, 0.6) is 0 Å². The highest BCUT2D eigenvalue weighted by Crippen LogP contribution is 2.14. The number of hydrogen-bond acceptors (Lipinski definition) is 2. The van der Waals surface area contributed by atoms with Gasteiger partial charge in [-0.1, -0.05) is 34.1 Å². The zero-order valence-electron chi connectivity index (χ0n) is 7.36. The van der Waals surface area contributed by atoms with Gasteiger partial charge in [-0.05, 0) is 12.1 Å². The molecule has 0 fully saturated rings. The Morgan fingerprint density at radius 3 is 2.36 bits per heavy atom. The molecule has 1 atom stereocenters. The number of rotatable bonds is 4. The lowest BCUT2D eigenvalue weighted by Crippen LogP contribution is -2.17. The molecule has 0 amide bonds. The van der Waals surface area contributed by atoms with E-state index in [9.17, 15) is 8.42 Å². The van der Waals surface area contributed by atoms with Gasteiger partial charge >= 0.3 is 0 Å². The van der Waals surface area contributed by atoms with Gasteiger partial charge in [0.15, 0.2) is 9.84 Å². The minimum atomic E-state index is -3.20. The lowest BCUT2D eigenvalue weighted by Gasteiger charge is -2.06. The molecule has 0 heterocycles. The van der Waals surface area contributed by atoms with E-state index in [2.05, 4.69) is 15.9 Å². The molecule has 2 nitrogen and oxygen atoms in total. The first-order valence-electron chi connectivity index (χ1n) is 4.04. The third-order valence-electron chi connectivity index (χ3n) is 1.67. The molecule has 78 valence electrons. The molecule has 1 aromatic rings. The van der Waals surface area contributed by atoms with Gasteiger partial charge in [-0.3, -0.25) is 0 Å². The highest BCUT2D eigenvalue weighted by atomic mass is 79.9. The Labute approximate surface area is 97.3 Å². The van der Waals surface area contributed by atoms with Crippen molar-refractivity contribution in [2.45, 2.75) is 9.72 Å². The molecule has 0 aliphatic heterocycles. The Kier molecular flexibility index (Phi) is 4.41. The van der Waals surface area contributed by atoms with E-state index in [0.29, 0.717) is 4.90 Å². The predicted molar refractivity (Wildman–Crippen MR) is 61.9 cm³/mol. The third kappa shape index (κ3) is 3.26. The Hall–Kier alpha value is -0.0600. The van der Waals surface area contributed by atoms with E-state index < -0.39 is 9.84 Å². The fourth-order valence-corrected chi connectivity index (χ4v) is 3.65. The highest BCUT2D eigenvalue weighted by molar-refractivity contribution is 9.09. The first-order valence-corrected chi connectivity index (χ1v) is 7.14. The Balaban J connectivity index is 2.87. The van der Waals surface area contributed by atoms with Crippen LogP contribution in [0.25, 0.3) is 0 Å². The number of alkyl halides is 2. The van der Waals surface area contributed by atoms with Gasteiger partial charge in [0.25, 0.3) is 0 Å². The zero-order chi connectivity index (χ0) is 10.6. The molecule has 1 rings (SSSR count). The molecule has 0 spiro atoms. The molecular weight excluding hydrogens is 288 g/mol. The summed E-state index contributed by atoms with van der Waals surface area (Å²) < 4.78 is 23.4. The molecule has 1 aromatic carbocycles. The van der Waals surface area contributed by atoms with Crippen LogP contribution >= 0.6 is 27.5 Å². The minimum Gasteiger partial charge on any atom is -0.224 e. The number of halogens is 2. The van der Waals surface area contributed by atoms with Crippen LogP contribution in [0.4, 0.5) is 0 Å². The summed E-state index contributed by atoms with van der Waals surface area (Å²) in [5.41, 5.74) is 0. The van der Waals surface area contributed by atoms with Gasteiger partial charge in [-0.2, -0.15) is 0 Å². The summed E-state index contributed by atoms with van der Waals surface area (Å²) in [6.07, 6.45) is 0. The summed E-state index contributed by atoms with van der Waals surface area (Å²) in [7, 11) is -3.20. The average molecular weight is 298 g/mol. The van der Waals surface area contributed by atoms with Crippen LogP contribution in [-0.4, -0.2) is 24.9 Å². The van der Waals surface area contributed by atoms with Crippen molar-refractivity contribution in [1.82, 2.24) is 0 Å². The van der Waals surface area contributed by atoms with E-state index >= 15 is 0 Å². The number of benzene rings is 1. The van der Waals surface area contributed by atoms with Crippen molar-refractivity contribution in [3.05, 3.63) is 30.3 Å². The van der Waals surface area contributed by atoms with E-state index in [-0.39, 0.29) is 16.5 Å². The number of hydrogen-bond donors (Lipinski definition) is 0. The summed E-state index contributed by atoms with van der Waals surface area (Å²) in [6, 6.07) is 8.37. The smallest absolute Gasteiger partial charge is 0.179 e. The maximum atomic E-state index is 11.7. The van der Waals surface area contributed by atoms with Crippen molar-refractivity contribution < 1.29 is 8.42 Å². The molecule has 1 unspecified atom stereocenters. The van der Waals surface area contributed by atoms with E-state index in [1.165, 1.54) is 0 Å². The predicted octanol–water partition coefficient (Wildman–Crippen LogP) is 2.46. The molecule has 0 radical (unpaired) electrons. The topological polar surface area (TPSA) is 34.1 Å². The largest absolute Gasteiger partial charge is 0.224 e. The van der Waals surface area contributed by atoms with Crippen molar-refractivity contribution in [1.29, 1.82) is 0 Å². The number of sulfone groups is 1. The zero-order valence-corrected chi connectivity index (χ0v) is 10.5. The van der Waals surface area contributed by atoms with Crippen molar-refractivity contribution in [3.63, 3.8) is 0 Å². The minimum absolute atomic E-state index is 0.0283. The fraction of sp³-hybridized carbons (Fsp3) is 0.333. The molecule has 14 heavy (non-hydrogen) atoms. The molecule has 0 saturated heterocycles. The molecule has 0 N–H and O–H groups in total. The lowest BCUT2D eigenvalue weighted by atomic mass is 10.4. The molecule has 0 aromatic heterocycles. The van der Waals surface area contributed by atoms with Crippen LogP contribution in [-0.2, 0) is 9.84 Å². The van der Waals surface area contributed by atoms with Crippen LogP contribution in [0.1, 0.15) is 0 Å². The Morgan fingerprint density at radius 1 is 1.29 bits per heavy atom. The molecule has 0 saturated carbocycles. The summed E-state index contributed by atoms with van der Waals surface area (Å²) in [5.74, 6) is 0.312. The van der Waals surface area contributed by atoms with E-state index in [4.69, 9.17) is 11.6 Å². The Morgan fingerprint density at radius 2 is 1.86 bits per heavy atom. The van der Waals surface area contributed by atoms with Crippen molar-refractivity contribution in [2.75, 3.05) is 11.6 Å². The van der Waals surface area contributed by atoms with Gasteiger partial charge in [0.05, 0.1) is 10.6 Å². The average Bonchev–Trinajstić information content (AvgIpc) is 2.18. The maximum Gasteiger partial charge on any atom is 0.179 e. The van der Waals surface area contributed by atoms with E-state index in [1.54, 1.807) is 30.3 Å². The van der Waals surface area contributed by atoms with Crippen LogP contribution in [0.3, 0.4) is 0 Å². The quantitative estimate of drug-likeness (QED) is 0.800. The SMILES string of the molecule is O=S(=O)(CC(Br)CCl)c1ccccc1. The Bertz CT molecular complexity index is 377. The van der Waals surface area contributed by atoms with Gasteiger partial charge in [0.2, 0.25) is 0 Å². The summed E-state index contributed by atoms with van der Waals surface area (Å²) in [6.45, 7) is 0. The third-order valence-corrected chi connectivity index (χ3v) is 5.32. The summed E-state index contributed by atoms with van der Waals surface area (Å²) in [5, 5.41) is 0. The maximum absolute atomic E-state index is 11.7. The second kappa shape index (κ2) is 5.14. The van der Waals surface area contributed by atoms with Gasteiger partial charge < -0.3 is 0 Å². The second-order valence-electron chi connectivity index (χ2n) is 2.85. The normalized spacial score (nSPS) is 13.9. The molecule has 0 aliphatic carbocycles. The fourth-order valence-electron chi connectivity index (χ4n) is 1.01. The van der Waals surface area contributed by atoms with Crippen molar-refractivity contribution in [2.24, 2.45) is 0 Å². The van der Waals surface area contributed by atoms with Crippen LogP contribution in [0, 0.1) is 0 Å². The first-order chi connectivity index (χ1) is 6.56. The van der Waals surface area contributed by atoms with E-state index in [1.807, 2.05) is 0 Å². The van der Waals surface area contributed by atoms with Gasteiger partial charge in [-0.15, -0.1) is 11.6 Å². The lowest BCUT2D eigenvalue weighted by molar-refractivity contribution is 0.595. The van der Waals surface area contributed by atoms with Crippen molar-refractivity contribution >= 4 is 37.4 Å². The van der Waals surface area contributed by atoms with Crippen molar-refractivity contribution in [3.8, 4) is 0 Å². The van der Waals surface area contributed by atoms with Gasteiger partial charge in [0.1, 0.15) is 0 Å². The molecular formula is C9H10BrClO2S. The van der Waals surface area contributed by atoms with Gasteiger partial charge in [0, 0.05) is 10.7 Å². The monoisotopic (exact) mass is 296 g/mol. The molecule has 0 bridgehead atoms. The van der Waals surface area contributed by atoms with Gasteiger partial charge in [-0.25, -0.2) is 8.42 Å².